The molecular formula is C13H11NO6S. The number of rotatable bonds is 4. The van der Waals surface area contributed by atoms with Crippen LogP contribution in [-0.2, 0) is 9.84 Å². The van der Waals surface area contributed by atoms with Crippen LogP contribution in [0, 0.1) is 5.21 Å². The Bertz CT molecular complexity index is 771. The van der Waals surface area contributed by atoms with Gasteiger partial charge in [0.2, 0.25) is 9.84 Å². The molecule has 21 heavy (non-hydrogen) atoms. The Morgan fingerprint density at radius 3 is 2.24 bits per heavy atom. The molecule has 0 aliphatic rings. The molecule has 3 N–H and O–H groups in total. The molecule has 7 nitrogen and oxygen atoms in total. The lowest BCUT2D eigenvalue weighted by Crippen LogP contribution is -2.99. The number of nitrogens with one attached hydrogen (secondary N) is 1. The van der Waals surface area contributed by atoms with Crippen molar-refractivity contribution in [2.24, 2.45) is 0 Å². The van der Waals surface area contributed by atoms with Gasteiger partial charge in [-0.15, -0.1) is 0 Å². The fraction of sp³-hybridized carbons (Fsp3) is 0. The molecule has 0 radical (unpaired) electrons. The second kappa shape index (κ2) is 5.62. The molecule has 1 unspecified atom stereocenters. The summed E-state index contributed by atoms with van der Waals surface area (Å²) in [5.41, 5.74) is -0.863. The fourth-order valence-corrected chi connectivity index (χ4v) is 3.24. The van der Waals surface area contributed by atoms with Gasteiger partial charge in [-0.1, -0.05) is 18.2 Å². The van der Waals surface area contributed by atoms with Crippen molar-refractivity contribution >= 4 is 21.5 Å². The van der Waals surface area contributed by atoms with Gasteiger partial charge < -0.3 is 10.3 Å². The third-order valence-corrected chi connectivity index (χ3v) is 4.63. The van der Waals surface area contributed by atoms with Crippen LogP contribution in [0.4, 0.5) is 5.69 Å². The summed E-state index contributed by atoms with van der Waals surface area (Å²) in [6.07, 6.45) is 0. The highest BCUT2D eigenvalue weighted by molar-refractivity contribution is 7.91. The van der Waals surface area contributed by atoms with Crippen molar-refractivity contribution < 1.29 is 28.8 Å². The maximum atomic E-state index is 12.4. The molecule has 110 valence electrons. The van der Waals surface area contributed by atoms with E-state index in [1.54, 1.807) is 6.07 Å². The first kappa shape index (κ1) is 15.1. The first-order valence-electron chi connectivity index (χ1n) is 5.75. The van der Waals surface area contributed by atoms with E-state index < -0.39 is 31.6 Å². The molecule has 0 aliphatic heterocycles. The number of sulfone groups is 1. The summed E-state index contributed by atoms with van der Waals surface area (Å²) < 4.78 is 24.9. The third kappa shape index (κ3) is 2.93. The zero-order chi connectivity index (χ0) is 15.6. The van der Waals surface area contributed by atoms with Crippen LogP contribution in [0.15, 0.2) is 58.3 Å². The molecule has 0 fully saturated rings. The minimum atomic E-state index is -4.03. The minimum Gasteiger partial charge on any atom is -0.595 e. The maximum absolute atomic E-state index is 12.4. The molecule has 0 heterocycles. The van der Waals surface area contributed by atoms with E-state index in [4.69, 9.17) is 10.3 Å². The van der Waals surface area contributed by atoms with Crippen molar-refractivity contribution in [3.63, 3.8) is 0 Å². The summed E-state index contributed by atoms with van der Waals surface area (Å²) in [5.74, 6) is -1.33. The third-order valence-electron chi connectivity index (χ3n) is 2.80. The van der Waals surface area contributed by atoms with E-state index in [9.17, 15) is 18.4 Å². The Morgan fingerprint density at radius 1 is 1.10 bits per heavy atom. The zero-order valence-corrected chi connectivity index (χ0v) is 11.4. The molecule has 0 bridgehead atoms. The first-order valence-corrected chi connectivity index (χ1v) is 7.23. The summed E-state index contributed by atoms with van der Waals surface area (Å²) in [6.45, 7) is 0. The van der Waals surface area contributed by atoms with Crippen LogP contribution < -0.4 is 5.23 Å². The molecule has 0 aliphatic carbocycles. The first-order chi connectivity index (χ1) is 9.84. The Morgan fingerprint density at radius 2 is 1.71 bits per heavy atom. The normalized spacial score (nSPS) is 12.9. The summed E-state index contributed by atoms with van der Waals surface area (Å²) in [7, 11) is -4.03. The van der Waals surface area contributed by atoms with Crippen LogP contribution in [-0.4, -0.2) is 24.7 Å². The van der Waals surface area contributed by atoms with E-state index in [2.05, 4.69) is 0 Å². The largest absolute Gasteiger partial charge is 0.595 e. The average Bonchev–Trinajstić information content (AvgIpc) is 2.47. The van der Waals surface area contributed by atoms with Gasteiger partial charge in [-0.05, 0) is 24.3 Å². The van der Waals surface area contributed by atoms with Crippen LogP contribution >= 0.6 is 0 Å². The Labute approximate surface area is 120 Å². The van der Waals surface area contributed by atoms with E-state index in [-0.39, 0.29) is 10.5 Å². The highest BCUT2D eigenvalue weighted by atomic mass is 32.2. The predicted octanol–water partition coefficient (Wildman–Crippen LogP) is 0.621. The van der Waals surface area contributed by atoms with E-state index >= 15 is 0 Å². The topological polar surface area (TPSA) is 119 Å². The van der Waals surface area contributed by atoms with Gasteiger partial charge in [0.25, 0.3) is 0 Å². The number of hydrogen-bond donors (Lipinski definition) is 3. The molecule has 2 aromatic carbocycles. The Balaban J connectivity index is 2.66. The van der Waals surface area contributed by atoms with Gasteiger partial charge in [0, 0.05) is 6.07 Å². The number of carboxylic acid groups (broad SMARTS) is 1. The number of carbonyl (C=O) groups is 1. The van der Waals surface area contributed by atoms with Crippen LogP contribution in [0.2, 0.25) is 0 Å². The van der Waals surface area contributed by atoms with Gasteiger partial charge in [0.05, 0.1) is 10.5 Å². The lowest BCUT2D eigenvalue weighted by Gasteiger charge is -2.16. The quantitative estimate of drug-likeness (QED) is 0.712. The average molecular weight is 309 g/mol. The van der Waals surface area contributed by atoms with E-state index in [0.717, 1.165) is 18.2 Å². The van der Waals surface area contributed by atoms with Crippen molar-refractivity contribution in [3.05, 3.63) is 59.3 Å². The van der Waals surface area contributed by atoms with Gasteiger partial charge >= 0.3 is 5.97 Å². The fourth-order valence-electron chi connectivity index (χ4n) is 1.79. The summed E-state index contributed by atoms with van der Waals surface area (Å²) in [6, 6.07) is 10.2. The summed E-state index contributed by atoms with van der Waals surface area (Å²) in [5, 5.41) is 27.7. The van der Waals surface area contributed by atoms with Crippen LogP contribution in [0.3, 0.4) is 0 Å². The molecule has 0 aromatic heterocycles. The molecule has 8 heteroatoms. The van der Waals surface area contributed by atoms with Crippen LogP contribution in [0.25, 0.3) is 0 Å². The van der Waals surface area contributed by atoms with Gasteiger partial charge in [-0.3, -0.25) is 0 Å². The molecule has 1 atom stereocenters. The number of hydrogen-bond acceptors (Lipinski definition) is 5. The number of quaternary nitrogens is 1. The van der Waals surface area contributed by atoms with E-state index in [1.807, 2.05) is 0 Å². The SMILES string of the molecule is O=C(O)c1ccc(S(=O)(=O)c2ccccc2)c([NH+]([O-])O)c1. The summed E-state index contributed by atoms with van der Waals surface area (Å²) >= 11 is 0. The maximum Gasteiger partial charge on any atom is 0.335 e. The van der Waals surface area contributed by atoms with Gasteiger partial charge in [0.15, 0.2) is 5.69 Å². The number of carboxylic acids is 1. The zero-order valence-electron chi connectivity index (χ0n) is 10.6. The van der Waals surface area contributed by atoms with Crippen molar-refractivity contribution in [2.75, 3.05) is 0 Å². The van der Waals surface area contributed by atoms with Crippen molar-refractivity contribution in [1.82, 2.24) is 0 Å². The van der Waals surface area contributed by atoms with Crippen molar-refractivity contribution in [2.45, 2.75) is 9.79 Å². The van der Waals surface area contributed by atoms with Crippen LogP contribution in [0.5, 0.6) is 0 Å². The predicted molar refractivity (Wildman–Crippen MR) is 71.1 cm³/mol. The van der Waals surface area contributed by atoms with Gasteiger partial charge in [-0.2, -0.15) is 5.23 Å². The second-order valence-corrected chi connectivity index (χ2v) is 6.06. The standard InChI is InChI=1S/C13H11NO6S/c15-13(16)9-6-7-12(11(8-9)14(17)18)21(19,20)10-4-2-1-3-5-10/h1-8,14,17H,(H,15,16). The highest BCUT2D eigenvalue weighted by Gasteiger charge is 2.26. The van der Waals surface area contributed by atoms with Crippen molar-refractivity contribution in [3.8, 4) is 0 Å². The lowest BCUT2D eigenvalue weighted by molar-refractivity contribution is -0.992. The van der Waals surface area contributed by atoms with E-state index in [0.29, 0.717) is 0 Å². The van der Waals surface area contributed by atoms with E-state index in [1.165, 1.54) is 24.3 Å². The molecule has 0 spiro atoms. The van der Waals surface area contributed by atoms with Gasteiger partial charge in [0.1, 0.15) is 4.90 Å². The Kier molecular flexibility index (Phi) is 4.05. The Hall–Kier alpha value is -2.26. The molecule has 0 saturated carbocycles. The number of aromatic carboxylic acids is 1. The highest BCUT2D eigenvalue weighted by Crippen LogP contribution is 2.26. The molecule has 0 saturated heterocycles. The number of benzene rings is 2. The minimum absolute atomic E-state index is 0.0597. The summed E-state index contributed by atoms with van der Waals surface area (Å²) in [4.78, 5) is 10.4. The van der Waals surface area contributed by atoms with Crippen molar-refractivity contribution in [1.29, 1.82) is 0 Å². The lowest BCUT2D eigenvalue weighted by atomic mass is 10.2. The molecular weight excluding hydrogens is 298 g/mol. The van der Waals surface area contributed by atoms with Gasteiger partial charge in [-0.25, -0.2) is 18.4 Å². The van der Waals surface area contributed by atoms with Crippen LogP contribution in [0.1, 0.15) is 10.4 Å². The molecule has 2 rings (SSSR count). The molecule has 0 amide bonds. The monoisotopic (exact) mass is 309 g/mol. The molecule has 2 aromatic rings. The smallest absolute Gasteiger partial charge is 0.335 e. The second-order valence-electron chi connectivity index (χ2n) is 4.14.